The summed E-state index contributed by atoms with van der Waals surface area (Å²) < 4.78 is 1.16. The maximum absolute atomic E-state index is 6.55. The van der Waals surface area contributed by atoms with Gasteiger partial charge in [-0.3, -0.25) is 0 Å². The maximum Gasteiger partial charge on any atom is 0.0651 e. The van der Waals surface area contributed by atoms with Crippen LogP contribution >= 0.6 is 62.7 Å². The highest BCUT2D eigenvalue weighted by Gasteiger charge is 2.16. The van der Waals surface area contributed by atoms with Crippen LogP contribution in [0.5, 0.6) is 0 Å². The molecule has 0 saturated carbocycles. The molecule has 140 valence electrons. The largest absolute Gasteiger partial charge is 0.355 e. The molecule has 0 aliphatic heterocycles. The Hall–Kier alpha value is -0.910. The molecule has 3 rings (SSSR count). The molecule has 0 amide bonds. The van der Waals surface area contributed by atoms with Gasteiger partial charge in [-0.05, 0) is 79.6 Å². The molecule has 0 unspecified atom stereocenters. The van der Waals surface area contributed by atoms with E-state index in [0.717, 1.165) is 26.3 Å². The quantitative estimate of drug-likeness (QED) is 0.285. The highest BCUT2D eigenvalue weighted by Crippen LogP contribution is 2.36. The second-order valence-corrected chi connectivity index (χ2v) is 9.37. The highest BCUT2D eigenvalue weighted by molar-refractivity contribution is 9.10. The zero-order valence-electron chi connectivity index (χ0n) is 15.3. The number of benzene rings is 2. The Balaban J connectivity index is 1.96. The molecule has 1 nitrogen and oxygen atoms in total. The van der Waals surface area contributed by atoms with Gasteiger partial charge in [0.1, 0.15) is 0 Å². The topological polar surface area (TPSA) is 12.0 Å². The first-order chi connectivity index (χ1) is 12.7. The van der Waals surface area contributed by atoms with E-state index in [0.29, 0.717) is 14.9 Å². The zero-order chi connectivity index (χ0) is 19.9. The average molecular weight is 499 g/mol. The van der Waals surface area contributed by atoms with Crippen LogP contribution in [0, 0.1) is 27.7 Å². The third-order valence-corrected chi connectivity index (χ3v) is 8.25. The molecule has 1 aromatic heterocycles. The molecule has 0 atom stereocenters. The van der Waals surface area contributed by atoms with Crippen molar-refractivity contribution in [2.24, 2.45) is 0 Å². The Morgan fingerprint density at radius 2 is 1.59 bits per heavy atom. The minimum atomic E-state index is 0.607. The summed E-state index contributed by atoms with van der Waals surface area (Å²) in [6, 6.07) is 7.71. The molecule has 0 spiro atoms. The molecule has 3 aromatic rings. The number of anilines is 2. The molecule has 2 aromatic carbocycles. The van der Waals surface area contributed by atoms with Gasteiger partial charge in [0.15, 0.2) is 0 Å². The molecule has 0 aliphatic rings. The van der Waals surface area contributed by atoms with Crippen LogP contribution in [0.3, 0.4) is 0 Å². The van der Waals surface area contributed by atoms with Crippen LogP contribution in [0.25, 0.3) is 0 Å². The maximum atomic E-state index is 6.55. The second-order valence-electron chi connectivity index (χ2n) is 6.44. The predicted molar refractivity (Wildman–Crippen MR) is 128 cm³/mol. The van der Waals surface area contributed by atoms with Crippen LogP contribution in [0.1, 0.15) is 32.7 Å². The van der Waals surface area contributed by atoms with Gasteiger partial charge in [-0.2, -0.15) is 0 Å². The number of hydrogen-bond acceptors (Lipinski definition) is 3. The summed E-state index contributed by atoms with van der Waals surface area (Å²) in [6.07, 6.45) is 0. The van der Waals surface area contributed by atoms with Crippen LogP contribution in [-0.4, -0.2) is 4.86 Å². The van der Waals surface area contributed by atoms with Crippen molar-refractivity contribution in [3.63, 3.8) is 0 Å². The van der Waals surface area contributed by atoms with E-state index < -0.39 is 0 Å². The van der Waals surface area contributed by atoms with Gasteiger partial charge in [-0.15, -0.1) is 11.3 Å². The fraction of sp³-hybridized carbons (Fsp3) is 0.190. The molecule has 27 heavy (non-hydrogen) atoms. The number of halogens is 3. The van der Waals surface area contributed by atoms with Crippen molar-refractivity contribution < 1.29 is 0 Å². The summed E-state index contributed by atoms with van der Waals surface area (Å²) in [7, 11) is 0. The number of nitrogens with one attached hydrogen (secondary N) is 1. The first-order valence-electron chi connectivity index (χ1n) is 8.32. The molecule has 1 heterocycles. The van der Waals surface area contributed by atoms with Gasteiger partial charge in [0, 0.05) is 21.4 Å². The molecule has 0 saturated heterocycles. The predicted octanol–water partition coefficient (Wildman–Crippen LogP) is 8.56. The lowest BCUT2D eigenvalue weighted by atomic mass is 9.98. The zero-order valence-corrected chi connectivity index (χ0v) is 20.1. The van der Waals surface area contributed by atoms with Gasteiger partial charge < -0.3 is 5.32 Å². The number of thiophene rings is 1. The fourth-order valence-electron chi connectivity index (χ4n) is 2.95. The third-order valence-electron chi connectivity index (χ3n) is 4.84. The van der Waals surface area contributed by atoms with E-state index in [1.165, 1.54) is 33.6 Å². The minimum Gasteiger partial charge on any atom is -0.355 e. The molecule has 0 bridgehead atoms. The van der Waals surface area contributed by atoms with Crippen LogP contribution in [-0.2, 0) is 0 Å². The summed E-state index contributed by atoms with van der Waals surface area (Å²) in [5.74, 6) is 0. The highest BCUT2D eigenvalue weighted by atomic mass is 79.9. The van der Waals surface area contributed by atoms with Crippen molar-refractivity contribution in [3.05, 3.63) is 76.9 Å². The monoisotopic (exact) mass is 497 g/mol. The summed E-state index contributed by atoms with van der Waals surface area (Å²) in [6.45, 7) is 8.49. The van der Waals surface area contributed by atoms with E-state index in [1.54, 1.807) is 0 Å². The lowest BCUT2D eigenvalue weighted by Gasteiger charge is -2.19. The van der Waals surface area contributed by atoms with Crippen LogP contribution in [0.4, 0.5) is 11.4 Å². The van der Waals surface area contributed by atoms with Gasteiger partial charge >= 0.3 is 0 Å². The van der Waals surface area contributed by atoms with E-state index >= 15 is 0 Å². The minimum absolute atomic E-state index is 0.607. The Bertz CT molecular complexity index is 1030. The van der Waals surface area contributed by atoms with Crippen molar-refractivity contribution in [3.8, 4) is 0 Å². The summed E-state index contributed by atoms with van der Waals surface area (Å²) in [5, 5.41) is 6.73. The van der Waals surface area contributed by atoms with Crippen molar-refractivity contribution in [2.45, 2.75) is 27.7 Å². The Labute approximate surface area is 187 Å². The van der Waals surface area contributed by atoms with E-state index in [2.05, 4.69) is 48.9 Å². The molecular weight excluding hydrogens is 481 g/mol. The van der Waals surface area contributed by atoms with E-state index in [9.17, 15) is 0 Å². The van der Waals surface area contributed by atoms with E-state index in [1.807, 2.05) is 29.6 Å². The lowest BCUT2D eigenvalue weighted by Crippen LogP contribution is -2.03. The van der Waals surface area contributed by atoms with Gasteiger partial charge in [0.05, 0.1) is 19.8 Å². The molecule has 1 N–H and O–H groups in total. The van der Waals surface area contributed by atoms with Crippen molar-refractivity contribution in [1.82, 2.24) is 0 Å². The number of rotatable bonds is 4. The second kappa shape index (κ2) is 8.22. The van der Waals surface area contributed by atoms with Crippen molar-refractivity contribution in [1.29, 1.82) is 0 Å². The summed E-state index contributed by atoms with van der Waals surface area (Å²) in [5.41, 5.74) is 7.75. The molecule has 0 fully saturated rings. The van der Waals surface area contributed by atoms with Crippen LogP contribution < -0.4 is 5.32 Å². The fourth-order valence-corrected chi connectivity index (χ4v) is 5.47. The standard InChI is InChI=1S/C21H18BrCl2NS2/c1-10-12(3)19(13(4)11(2)18(10)22)25-14-5-6-15(17(24)9-14)20(26)21-16(23)7-8-27-21/h5-9,25H,1-4H3. The van der Waals surface area contributed by atoms with E-state index in [4.69, 9.17) is 35.4 Å². The van der Waals surface area contributed by atoms with Crippen LogP contribution in [0.2, 0.25) is 10.0 Å². The van der Waals surface area contributed by atoms with Crippen molar-refractivity contribution in [2.75, 3.05) is 5.32 Å². The van der Waals surface area contributed by atoms with Gasteiger partial charge in [0.25, 0.3) is 0 Å². The summed E-state index contributed by atoms with van der Waals surface area (Å²) in [4.78, 5) is 1.55. The van der Waals surface area contributed by atoms with Gasteiger partial charge in [-0.1, -0.05) is 51.3 Å². The van der Waals surface area contributed by atoms with Crippen LogP contribution in [0.15, 0.2) is 34.1 Å². The molecule has 6 heteroatoms. The van der Waals surface area contributed by atoms with E-state index in [-0.39, 0.29) is 0 Å². The van der Waals surface area contributed by atoms with Gasteiger partial charge in [-0.25, -0.2) is 0 Å². The smallest absolute Gasteiger partial charge is 0.0651 e. The van der Waals surface area contributed by atoms with Crippen molar-refractivity contribution >= 4 is 78.9 Å². The number of thiocarbonyl (C=S) groups is 1. The lowest BCUT2D eigenvalue weighted by molar-refractivity contribution is 1.21. The SMILES string of the molecule is Cc1c(C)c(Nc2ccc(C(=S)c3sccc3Cl)c(Cl)c2)c(C)c(C)c1Br. The Morgan fingerprint density at radius 3 is 2.11 bits per heavy atom. The normalized spacial score (nSPS) is 10.9. The molecule has 0 aliphatic carbocycles. The van der Waals surface area contributed by atoms with Gasteiger partial charge in [0.2, 0.25) is 0 Å². The molecule has 0 radical (unpaired) electrons. The average Bonchev–Trinajstić information content (AvgIpc) is 3.07. The first kappa shape index (κ1) is 20.8. The Kier molecular flexibility index (Phi) is 6.34. The Morgan fingerprint density at radius 1 is 0.963 bits per heavy atom. The first-order valence-corrected chi connectivity index (χ1v) is 11.2. The number of hydrogen-bond donors (Lipinski definition) is 1. The summed E-state index contributed by atoms with van der Waals surface area (Å²) >= 11 is 23.6. The molecular formula is C21H18BrCl2NS2. The third kappa shape index (κ3) is 3.96.